The zero-order valence-electron chi connectivity index (χ0n) is 10.8. The minimum absolute atomic E-state index is 0.135. The van der Waals surface area contributed by atoms with E-state index >= 15 is 0 Å². The van der Waals surface area contributed by atoms with Gasteiger partial charge in [-0.3, -0.25) is 4.79 Å². The molecule has 1 aliphatic rings. The van der Waals surface area contributed by atoms with Crippen LogP contribution in [0.3, 0.4) is 0 Å². The second-order valence-corrected chi connectivity index (χ2v) is 4.66. The Labute approximate surface area is 121 Å². The molecule has 1 heterocycles. The van der Waals surface area contributed by atoms with Crippen molar-refractivity contribution >= 4 is 29.2 Å². The van der Waals surface area contributed by atoms with E-state index in [2.05, 4.69) is 0 Å². The van der Waals surface area contributed by atoms with Crippen LogP contribution in [0.15, 0.2) is 18.2 Å². The standard InChI is InChI=1S/C13H15ClN2O4/c14-12-9(2-1-3-10(12)15)13(18)20-8-11(17)16-4-6-19-7-5-16/h1-3H,4-8,15H2. The van der Waals surface area contributed by atoms with Crippen molar-refractivity contribution in [2.75, 3.05) is 38.6 Å². The first-order valence-electron chi connectivity index (χ1n) is 6.16. The highest BCUT2D eigenvalue weighted by Gasteiger charge is 2.20. The Morgan fingerprint density at radius 3 is 2.75 bits per heavy atom. The summed E-state index contributed by atoms with van der Waals surface area (Å²) in [6.07, 6.45) is 0. The van der Waals surface area contributed by atoms with Gasteiger partial charge in [-0.1, -0.05) is 17.7 Å². The van der Waals surface area contributed by atoms with Gasteiger partial charge in [0.1, 0.15) is 0 Å². The van der Waals surface area contributed by atoms with Crippen molar-refractivity contribution in [3.05, 3.63) is 28.8 Å². The number of halogens is 1. The SMILES string of the molecule is Nc1cccc(C(=O)OCC(=O)N2CCOCC2)c1Cl. The minimum atomic E-state index is -0.663. The Bertz CT molecular complexity index is 515. The fourth-order valence-electron chi connectivity index (χ4n) is 1.82. The average Bonchev–Trinajstić information content (AvgIpc) is 2.48. The second kappa shape index (κ2) is 6.58. The van der Waals surface area contributed by atoms with E-state index < -0.39 is 5.97 Å². The van der Waals surface area contributed by atoms with E-state index in [0.29, 0.717) is 32.0 Å². The molecule has 20 heavy (non-hydrogen) atoms. The van der Waals surface area contributed by atoms with E-state index in [-0.39, 0.29) is 23.1 Å². The van der Waals surface area contributed by atoms with E-state index in [0.717, 1.165) is 0 Å². The van der Waals surface area contributed by atoms with Crippen LogP contribution < -0.4 is 5.73 Å². The van der Waals surface area contributed by atoms with Crippen LogP contribution in [-0.2, 0) is 14.3 Å². The largest absolute Gasteiger partial charge is 0.452 e. The smallest absolute Gasteiger partial charge is 0.340 e. The van der Waals surface area contributed by atoms with Crippen molar-refractivity contribution in [1.82, 2.24) is 4.90 Å². The lowest BCUT2D eigenvalue weighted by molar-refractivity contribution is -0.138. The number of rotatable bonds is 3. The van der Waals surface area contributed by atoms with E-state index in [4.69, 9.17) is 26.8 Å². The highest BCUT2D eigenvalue weighted by molar-refractivity contribution is 6.36. The number of benzene rings is 1. The summed E-state index contributed by atoms with van der Waals surface area (Å²) >= 11 is 5.91. The summed E-state index contributed by atoms with van der Waals surface area (Å²) in [7, 11) is 0. The van der Waals surface area contributed by atoms with Crippen molar-refractivity contribution in [3.63, 3.8) is 0 Å². The van der Waals surface area contributed by atoms with Gasteiger partial charge in [0.05, 0.1) is 29.5 Å². The summed E-state index contributed by atoms with van der Waals surface area (Å²) in [5.41, 5.74) is 6.05. The lowest BCUT2D eigenvalue weighted by atomic mass is 10.2. The van der Waals surface area contributed by atoms with Crippen LogP contribution in [0.4, 0.5) is 5.69 Å². The Balaban J connectivity index is 1.91. The molecule has 0 bridgehead atoms. The lowest BCUT2D eigenvalue weighted by Crippen LogP contribution is -2.42. The Morgan fingerprint density at radius 2 is 2.05 bits per heavy atom. The summed E-state index contributed by atoms with van der Waals surface area (Å²) in [5.74, 6) is -0.911. The molecule has 1 aliphatic heterocycles. The fraction of sp³-hybridized carbons (Fsp3) is 0.385. The fourth-order valence-corrected chi connectivity index (χ4v) is 2.02. The van der Waals surface area contributed by atoms with Gasteiger partial charge in [-0.25, -0.2) is 4.79 Å². The van der Waals surface area contributed by atoms with Gasteiger partial charge < -0.3 is 20.1 Å². The molecule has 7 heteroatoms. The molecule has 0 radical (unpaired) electrons. The maximum absolute atomic E-state index is 11.8. The number of morpholine rings is 1. The van der Waals surface area contributed by atoms with E-state index in [9.17, 15) is 9.59 Å². The lowest BCUT2D eigenvalue weighted by Gasteiger charge is -2.26. The molecule has 2 N–H and O–H groups in total. The maximum atomic E-state index is 11.8. The molecule has 1 saturated heterocycles. The Kier molecular flexibility index (Phi) is 4.81. The number of carbonyl (C=O) groups excluding carboxylic acids is 2. The molecule has 0 spiro atoms. The van der Waals surface area contributed by atoms with Crippen molar-refractivity contribution in [3.8, 4) is 0 Å². The van der Waals surface area contributed by atoms with Crippen molar-refractivity contribution in [1.29, 1.82) is 0 Å². The van der Waals surface area contributed by atoms with E-state index in [1.807, 2.05) is 0 Å². The third-order valence-electron chi connectivity index (χ3n) is 2.94. The normalized spacial score (nSPS) is 14.9. The van der Waals surface area contributed by atoms with Gasteiger partial charge in [-0.2, -0.15) is 0 Å². The van der Waals surface area contributed by atoms with Gasteiger partial charge in [-0.05, 0) is 12.1 Å². The summed E-state index contributed by atoms with van der Waals surface area (Å²) in [6, 6.07) is 4.68. The Morgan fingerprint density at radius 1 is 1.35 bits per heavy atom. The Hall–Kier alpha value is -1.79. The quantitative estimate of drug-likeness (QED) is 0.663. The first kappa shape index (κ1) is 14.6. The number of anilines is 1. The average molecular weight is 299 g/mol. The number of ether oxygens (including phenoxy) is 2. The molecule has 1 amide bonds. The van der Waals surface area contributed by atoms with Crippen LogP contribution in [0.1, 0.15) is 10.4 Å². The third kappa shape index (κ3) is 3.40. The topological polar surface area (TPSA) is 81.9 Å². The number of hydrogen-bond donors (Lipinski definition) is 1. The second-order valence-electron chi connectivity index (χ2n) is 4.28. The van der Waals surface area contributed by atoms with Gasteiger partial charge in [0.25, 0.3) is 5.91 Å². The zero-order valence-corrected chi connectivity index (χ0v) is 11.6. The molecule has 1 fully saturated rings. The van der Waals surface area contributed by atoms with Crippen LogP contribution in [-0.4, -0.2) is 49.7 Å². The molecule has 1 aromatic carbocycles. The van der Waals surface area contributed by atoms with Crippen molar-refractivity contribution in [2.24, 2.45) is 0 Å². The van der Waals surface area contributed by atoms with Crippen LogP contribution in [0, 0.1) is 0 Å². The first-order valence-corrected chi connectivity index (χ1v) is 6.54. The molecular weight excluding hydrogens is 284 g/mol. The number of carbonyl (C=O) groups is 2. The third-order valence-corrected chi connectivity index (χ3v) is 3.36. The molecule has 0 aliphatic carbocycles. The number of esters is 1. The van der Waals surface area contributed by atoms with Gasteiger partial charge in [0.15, 0.2) is 6.61 Å². The molecule has 0 unspecified atom stereocenters. The molecule has 1 aromatic rings. The van der Waals surface area contributed by atoms with Gasteiger partial charge in [0.2, 0.25) is 0 Å². The summed E-state index contributed by atoms with van der Waals surface area (Å²) in [6.45, 7) is 1.70. The first-order chi connectivity index (χ1) is 9.59. The predicted octanol–water partition coefficient (Wildman–Crippen LogP) is 0.938. The maximum Gasteiger partial charge on any atom is 0.340 e. The molecule has 2 rings (SSSR count). The van der Waals surface area contributed by atoms with Crippen molar-refractivity contribution < 1.29 is 19.1 Å². The van der Waals surface area contributed by atoms with Crippen LogP contribution in [0.5, 0.6) is 0 Å². The number of amides is 1. The van der Waals surface area contributed by atoms with Gasteiger partial charge in [-0.15, -0.1) is 0 Å². The van der Waals surface area contributed by atoms with Crippen LogP contribution >= 0.6 is 11.6 Å². The van der Waals surface area contributed by atoms with Crippen LogP contribution in [0.25, 0.3) is 0 Å². The number of hydrogen-bond acceptors (Lipinski definition) is 5. The zero-order chi connectivity index (χ0) is 14.5. The molecule has 0 saturated carbocycles. The molecular formula is C13H15ClN2O4. The predicted molar refractivity (Wildman–Crippen MR) is 73.5 cm³/mol. The van der Waals surface area contributed by atoms with Gasteiger partial charge >= 0.3 is 5.97 Å². The highest BCUT2D eigenvalue weighted by atomic mass is 35.5. The number of nitrogens with zero attached hydrogens (tertiary/aromatic N) is 1. The summed E-state index contributed by atoms with van der Waals surface area (Å²) in [4.78, 5) is 25.3. The summed E-state index contributed by atoms with van der Waals surface area (Å²) < 4.78 is 10.1. The van der Waals surface area contributed by atoms with E-state index in [1.54, 1.807) is 17.0 Å². The molecule has 6 nitrogen and oxygen atoms in total. The molecule has 108 valence electrons. The van der Waals surface area contributed by atoms with Crippen molar-refractivity contribution in [2.45, 2.75) is 0 Å². The highest BCUT2D eigenvalue weighted by Crippen LogP contribution is 2.23. The van der Waals surface area contributed by atoms with Gasteiger partial charge in [0, 0.05) is 13.1 Å². The minimum Gasteiger partial charge on any atom is -0.452 e. The number of nitrogen functional groups attached to an aromatic ring is 1. The molecule has 0 aromatic heterocycles. The molecule has 0 atom stereocenters. The van der Waals surface area contributed by atoms with E-state index in [1.165, 1.54) is 6.07 Å². The summed E-state index contributed by atoms with van der Waals surface area (Å²) in [5, 5.41) is 0.135. The number of nitrogens with two attached hydrogens (primary N) is 1. The monoisotopic (exact) mass is 298 g/mol. The van der Waals surface area contributed by atoms with Crippen LogP contribution in [0.2, 0.25) is 5.02 Å².